The zero-order chi connectivity index (χ0) is 20.9. The number of nitrogens with zero attached hydrogens (tertiary/aromatic N) is 3. The summed E-state index contributed by atoms with van der Waals surface area (Å²) < 4.78 is 0. The molecule has 0 unspecified atom stereocenters. The number of pyridine rings is 2. The number of para-hydroxylation sites is 1. The van der Waals surface area contributed by atoms with Gasteiger partial charge in [-0.2, -0.15) is 0 Å². The first-order valence-corrected chi connectivity index (χ1v) is 10.3. The van der Waals surface area contributed by atoms with Gasteiger partial charge in [0.15, 0.2) is 0 Å². The molecule has 0 atom stereocenters. The van der Waals surface area contributed by atoms with E-state index in [1.165, 1.54) is 0 Å². The lowest BCUT2D eigenvalue weighted by atomic mass is 10.1. The summed E-state index contributed by atoms with van der Waals surface area (Å²) in [5, 5.41) is 0. The second-order valence-electron chi connectivity index (χ2n) is 7.17. The van der Waals surface area contributed by atoms with Gasteiger partial charge in [-0.15, -0.1) is 0 Å². The van der Waals surface area contributed by atoms with Crippen LogP contribution in [0.5, 0.6) is 0 Å². The van der Waals surface area contributed by atoms with Crippen LogP contribution in [-0.2, 0) is 0 Å². The summed E-state index contributed by atoms with van der Waals surface area (Å²) in [5.74, 6) is 1.65. The van der Waals surface area contributed by atoms with Gasteiger partial charge in [0.25, 0.3) is 0 Å². The number of rotatable bonds is 5. The Hall–Kier alpha value is -4.24. The van der Waals surface area contributed by atoms with E-state index in [4.69, 9.17) is 9.97 Å². The van der Waals surface area contributed by atoms with E-state index < -0.39 is 0 Å². The minimum atomic E-state index is 0.824. The SMILES string of the molecule is c1ccc(-c2cccc(N(c3ccccc3)c3cccc(-c4ccccc4)n3)n2)cc1. The largest absolute Gasteiger partial charge is 0.279 e. The molecule has 2 aromatic heterocycles. The molecule has 0 saturated heterocycles. The summed E-state index contributed by atoms with van der Waals surface area (Å²) in [6.45, 7) is 0. The molecule has 0 fully saturated rings. The van der Waals surface area contributed by atoms with Crippen LogP contribution in [0.3, 0.4) is 0 Å². The Bertz CT molecular complexity index is 1190. The van der Waals surface area contributed by atoms with Crippen molar-refractivity contribution in [1.82, 2.24) is 9.97 Å². The van der Waals surface area contributed by atoms with Gasteiger partial charge in [0.05, 0.1) is 11.4 Å². The number of hydrogen-bond acceptors (Lipinski definition) is 3. The van der Waals surface area contributed by atoms with Gasteiger partial charge in [-0.3, -0.25) is 4.90 Å². The molecule has 0 spiro atoms. The smallest absolute Gasteiger partial charge is 0.139 e. The third-order valence-electron chi connectivity index (χ3n) is 5.08. The fraction of sp³-hybridized carbons (Fsp3) is 0. The number of anilines is 3. The van der Waals surface area contributed by atoms with Gasteiger partial charge >= 0.3 is 0 Å². The van der Waals surface area contributed by atoms with Crippen molar-refractivity contribution in [2.24, 2.45) is 0 Å². The molecular weight excluding hydrogens is 378 g/mol. The maximum atomic E-state index is 4.98. The van der Waals surface area contributed by atoms with Crippen LogP contribution in [0.25, 0.3) is 22.5 Å². The normalized spacial score (nSPS) is 10.6. The lowest BCUT2D eigenvalue weighted by molar-refractivity contribution is 1.13. The van der Waals surface area contributed by atoms with Gasteiger partial charge in [0.2, 0.25) is 0 Å². The molecule has 31 heavy (non-hydrogen) atoms. The van der Waals surface area contributed by atoms with E-state index in [1.54, 1.807) is 0 Å². The highest BCUT2D eigenvalue weighted by Crippen LogP contribution is 2.34. The number of hydrogen-bond donors (Lipinski definition) is 0. The zero-order valence-corrected chi connectivity index (χ0v) is 17.0. The van der Waals surface area contributed by atoms with Crippen LogP contribution in [0.2, 0.25) is 0 Å². The molecule has 0 aliphatic carbocycles. The van der Waals surface area contributed by atoms with Gasteiger partial charge in [-0.25, -0.2) is 9.97 Å². The number of benzene rings is 3. The van der Waals surface area contributed by atoms with Crippen molar-refractivity contribution in [2.45, 2.75) is 0 Å². The first kappa shape index (κ1) is 18.8. The predicted octanol–water partition coefficient (Wildman–Crippen LogP) is 7.28. The molecule has 0 amide bonds. The molecule has 3 heteroatoms. The van der Waals surface area contributed by atoms with Gasteiger partial charge in [0.1, 0.15) is 11.6 Å². The molecule has 0 aliphatic heterocycles. The fourth-order valence-electron chi connectivity index (χ4n) is 3.59. The van der Waals surface area contributed by atoms with Crippen molar-refractivity contribution in [1.29, 1.82) is 0 Å². The Morgan fingerprint density at radius 3 is 1.26 bits per heavy atom. The molecule has 0 radical (unpaired) electrons. The highest BCUT2D eigenvalue weighted by molar-refractivity contribution is 5.75. The highest BCUT2D eigenvalue weighted by Gasteiger charge is 2.16. The Morgan fingerprint density at radius 2 is 0.806 bits per heavy atom. The fourth-order valence-corrected chi connectivity index (χ4v) is 3.59. The van der Waals surface area contributed by atoms with Crippen molar-refractivity contribution in [3.05, 3.63) is 127 Å². The highest BCUT2D eigenvalue weighted by atomic mass is 15.2. The van der Waals surface area contributed by atoms with Crippen molar-refractivity contribution in [2.75, 3.05) is 4.90 Å². The van der Waals surface area contributed by atoms with Crippen molar-refractivity contribution in [3.63, 3.8) is 0 Å². The Labute approximate surface area is 182 Å². The average Bonchev–Trinajstić information content (AvgIpc) is 2.86. The Kier molecular flexibility index (Phi) is 5.23. The average molecular weight is 399 g/mol. The molecular formula is C28H21N3. The number of aromatic nitrogens is 2. The summed E-state index contributed by atoms with van der Waals surface area (Å²) in [6, 6.07) is 42.9. The maximum absolute atomic E-state index is 4.98. The van der Waals surface area contributed by atoms with Crippen LogP contribution in [0.4, 0.5) is 17.3 Å². The van der Waals surface area contributed by atoms with E-state index in [2.05, 4.69) is 41.3 Å². The molecule has 0 bridgehead atoms. The molecule has 5 aromatic rings. The lowest BCUT2D eigenvalue weighted by Crippen LogP contribution is -2.13. The first-order valence-electron chi connectivity index (χ1n) is 10.3. The maximum Gasteiger partial charge on any atom is 0.139 e. The van der Waals surface area contributed by atoms with Crippen LogP contribution in [0, 0.1) is 0 Å². The van der Waals surface area contributed by atoms with Crippen LogP contribution in [0.15, 0.2) is 127 Å². The molecule has 148 valence electrons. The van der Waals surface area contributed by atoms with E-state index in [1.807, 2.05) is 91.0 Å². The van der Waals surface area contributed by atoms with E-state index in [9.17, 15) is 0 Å². The summed E-state index contributed by atoms with van der Waals surface area (Å²) in [6.07, 6.45) is 0. The molecule has 0 aliphatic rings. The van der Waals surface area contributed by atoms with Crippen LogP contribution in [-0.4, -0.2) is 9.97 Å². The van der Waals surface area contributed by atoms with E-state index in [0.29, 0.717) is 0 Å². The molecule has 5 rings (SSSR count). The molecule has 3 nitrogen and oxygen atoms in total. The second-order valence-corrected chi connectivity index (χ2v) is 7.17. The Balaban J connectivity index is 1.63. The van der Waals surface area contributed by atoms with Gasteiger partial charge in [-0.1, -0.05) is 91.0 Å². The zero-order valence-electron chi connectivity index (χ0n) is 17.0. The first-order chi connectivity index (χ1) is 15.4. The van der Waals surface area contributed by atoms with Crippen molar-refractivity contribution >= 4 is 17.3 Å². The van der Waals surface area contributed by atoms with E-state index >= 15 is 0 Å². The summed E-state index contributed by atoms with van der Waals surface area (Å²) >= 11 is 0. The minimum absolute atomic E-state index is 0.824. The second kappa shape index (κ2) is 8.64. The standard InChI is InChI=1S/C28H21N3/c1-4-12-22(13-5-1)25-18-10-20-27(29-25)31(24-16-8-3-9-17-24)28-21-11-19-26(30-28)23-14-6-2-7-15-23/h1-21H. The summed E-state index contributed by atoms with van der Waals surface area (Å²) in [5.41, 5.74) is 5.04. The molecule has 0 N–H and O–H groups in total. The molecule has 2 heterocycles. The van der Waals surface area contributed by atoms with E-state index in [0.717, 1.165) is 39.8 Å². The van der Waals surface area contributed by atoms with Crippen molar-refractivity contribution in [3.8, 4) is 22.5 Å². The van der Waals surface area contributed by atoms with Crippen molar-refractivity contribution < 1.29 is 0 Å². The van der Waals surface area contributed by atoms with E-state index in [-0.39, 0.29) is 0 Å². The lowest BCUT2D eigenvalue weighted by Gasteiger charge is -2.24. The van der Waals surface area contributed by atoms with Crippen LogP contribution < -0.4 is 4.90 Å². The minimum Gasteiger partial charge on any atom is -0.279 e. The van der Waals surface area contributed by atoms with Crippen LogP contribution >= 0.6 is 0 Å². The summed E-state index contributed by atoms with van der Waals surface area (Å²) in [4.78, 5) is 12.1. The molecule has 3 aromatic carbocycles. The van der Waals surface area contributed by atoms with Gasteiger partial charge in [-0.05, 0) is 36.4 Å². The Morgan fingerprint density at radius 1 is 0.387 bits per heavy atom. The monoisotopic (exact) mass is 399 g/mol. The van der Waals surface area contributed by atoms with Gasteiger partial charge < -0.3 is 0 Å². The molecule has 0 saturated carbocycles. The quantitative estimate of drug-likeness (QED) is 0.311. The summed E-state index contributed by atoms with van der Waals surface area (Å²) in [7, 11) is 0. The van der Waals surface area contributed by atoms with Gasteiger partial charge in [0, 0.05) is 16.8 Å². The topological polar surface area (TPSA) is 29.0 Å². The predicted molar refractivity (Wildman–Crippen MR) is 128 cm³/mol. The van der Waals surface area contributed by atoms with Crippen LogP contribution in [0.1, 0.15) is 0 Å². The third kappa shape index (κ3) is 4.07. The third-order valence-corrected chi connectivity index (χ3v) is 5.08.